The van der Waals surface area contributed by atoms with E-state index >= 15 is 0 Å². The molecule has 0 aliphatic rings. The van der Waals surface area contributed by atoms with Gasteiger partial charge in [-0.3, -0.25) is 34.3 Å². The van der Waals surface area contributed by atoms with Crippen LogP contribution in [0.4, 0.5) is 0 Å². The largest absolute Gasteiger partial charge is 0.481 e. The Labute approximate surface area is 413 Å². The molecule has 68 heavy (non-hydrogen) atoms. The van der Waals surface area contributed by atoms with E-state index in [-0.39, 0.29) is 24.7 Å². The first-order chi connectivity index (χ1) is 32.8. The summed E-state index contributed by atoms with van der Waals surface area (Å²) in [7, 11) is 0. The smallest absolute Gasteiger partial charge is 0.305 e. The number of amides is 4. The molecule has 0 aliphatic carbocycles. The van der Waals surface area contributed by atoms with E-state index in [1.807, 2.05) is 0 Å². The number of carboxylic acids is 1. The first-order valence-corrected chi connectivity index (χ1v) is 27.4. The topological polar surface area (TPSA) is 271 Å². The fourth-order valence-electron chi connectivity index (χ4n) is 8.84. The van der Waals surface area contributed by atoms with Gasteiger partial charge in [-0.2, -0.15) is 0 Å². The molecule has 5 unspecified atom stereocenters. The number of hydrogen-bond acceptors (Lipinski definition) is 9. The van der Waals surface area contributed by atoms with Gasteiger partial charge in [-0.05, 0) is 65.3 Å². The van der Waals surface area contributed by atoms with Crippen molar-refractivity contribution in [3.05, 3.63) is 0 Å². The quantitative estimate of drug-likeness (QED) is 0.0161. The standard InChI is InChI=1S/C52H104N10O6/c1-5-7-9-11-13-15-17-19-21-23-25-27-32-42(3)62(43(4)33-28-26-24-22-20-18-16-14-12-10-8-6-2)39-38-57-50(67)45(35-29-30-36-53)61-51(68)46(40-48(64)65)60-47(63)41-59-49(66)44(54)34-31-37-58-52(55)56/h42-46H,5-41,53-54H2,1-4H3,(H,57,67)(H,59,66)(H,60,63)(H,61,68)(H,64,65)(H4,55,56,58). The molecule has 0 aromatic rings. The Kier molecular flexibility index (Phi) is 42.4. The minimum atomic E-state index is -1.49. The van der Waals surface area contributed by atoms with E-state index in [0.29, 0.717) is 57.5 Å². The highest BCUT2D eigenvalue weighted by atomic mass is 16.4. The van der Waals surface area contributed by atoms with Crippen molar-refractivity contribution in [2.24, 2.45) is 17.2 Å². The molecule has 0 spiro atoms. The Balaban J connectivity index is 5.43. The maximum absolute atomic E-state index is 13.8. The maximum atomic E-state index is 13.8. The summed E-state index contributed by atoms with van der Waals surface area (Å²) in [4.78, 5) is 66.9. The molecule has 0 radical (unpaired) electrons. The molecule has 398 valence electrons. The van der Waals surface area contributed by atoms with Crippen molar-refractivity contribution in [2.45, 2.75) is 263 Å². The van der Waals surface area contributed by atoms with Crippen molar-refractivity contribution in [3.8, 4) is 0 Å². The van der Waals surface area contributed by atoms with Crippen molar-refractivity contribution >= 4 is 35.6 Å². The minimum absolute atomic E-state index is 0.195. The summed E-state index contributed by atoms with van der Waals surface area (Å²) in [5.41, 5.74) is 16.9. The Morgan fingerprint density at radius 2 is 0.985 bits per heavy atom. The summed E-state index contributed by atoms with van der Waals surface area (Å²) in [6.07, 6.45) is 35.2. The number of nitrogens with two attached hydrogens (primary N) is 3. The summed E-state index contributed by atoms with van der Waals surface area (Å²) in [5, 5.41) is 30.0. The number of unbranched alkanes of at least 4 members (excludes halogenated alkanes) is 23. The van der Waals surface area contributed by atoms with E-state index in [1.165, 1.54) is 154 Å². The van der Waals surface area contributed by atoms with Gasteiger partial charge < -0.3 is 48.9 Å². The van der Waals surface area contributed by atoms with Gasteiger partial charge in [0.15, 0.2) is 5.96 Å². The van der Waals surface area contributed by atoms with Crippen LogP contribution in [0.1, 0.15) is 233 Å². The summed E-state index contributed by atoms with van der Waals surface area (Å²) in [6, 6.07) is -2.70. The second-order valence-corrected chi connectivity index (χ2v) is 19.5. The lowest BCUT2D eigenvalue weighted by atomic mass is 10.0. The van der Waals surface area contributed by atoms with Crippen LogP contribution in [-0.2, 0) is 24.0 Å². The average Bonchev–Trinajstić information content (AvgIpc) is 3.30. The number of nitrogens with one attached hydrogen (secondary N) is 6. The Morgan fingerprint density at radius 3 is 1.43 bits per heavy atom. The van der Waals surface area contributed by atoms with Crippen LogP contribution in [0.25, 0.3) is 0 Å². The zero-order valence-electron chi connectivity index (χ0n) is 43.7. The summed E-state index contributed by atoms with van der Waals surface area (Å²) in [5.74, 6) is -4.10. The van der Waals surface area contributed by atoms with Crippen molar-refractivity contribution in [1.29, 1.82) is 5.41 Å². The third-order valence-corrected chi connectivity index (χ3v) is 13.1. The number of carboxylic acid groups (broad SMARTS) is 1. The van der Waals surface area contributed by atoms with Crippen molar-refractivity contribution in [3.63, 3.8) is 0 Å². The fourth-order valence-corrected chi connectivity index (χ4v) is 8.84. The highest BCUT2D eigenvalue weighted by molar-refractivity contribution is 5.95. The molecule has 0 aliphatic heterocycles. The molecule has 5 atom stereocenters. The molecular weight excluding hydrogens is 861 g/mol. The lowest BCUT2D eigenvalue weighted by Gasteiger charge is -2.35. The minimum Gasteiger partial charge on any atom is -0.481 e. The lowest BCUT2D eigenvalue weighted by Crippen LogP contribution is -2.56. The third-order valence-electron chi connectivity index (χ3n) is 13.1. The number of aliphatic carboxylic acids is 1. The number of rotatable bonds is 48. The van der Waals surface area contributed by atoms with Gasteiger partial charge in [-0.1, -0.05) is 168 Å². The van der Waals surface area contributed by atoms with E-state index in [9.17, 15) is 29.1 Å². The number of carbonyl (C=O) groups is 5. The van der Waals surface area contributed by atoms with Crippen LogP contribution in [0.3, 0.4) is 0 Å². The first-order valence-electron chi connectivity index (χ1n) is 27.4. The molecule has 13 N–H and O–H groups in total. The van der Waals surface area contributed by atoms with Gasteiger partial charge in [-0.25, -0.2) is 0 Å². The zero-order valence-corrected chi connectivity index (χ0v) is 43.7. The van der Waals surface area contributed by atoms with Crippen molar-refractivity contribution in [2.75, 3.05) is 32.7 Å². The van der Waals surface area contributed by atoms with Gasteiger partial charge >= 0.3 is 5.97 Å². The Morgan fingerprint density at radius 1 is 0.529 bits per heavy atom. The number of hydrogen-bond donors (Lipinski definition) is 10. The third kappa shape index (κ3) is 37.4. The number of guanidine groups is 1. The molecule has 0 saturated carbocycles. The Bertz CT molecular complexity index is 1280. The zero-order chi connectivity index (χ0) is 50.6. The van der Waals surface area contributed by atoms with Crippen LogP contribution >= 0.6 is 0 Å². The van der Waals surface area contributed by atoms with Gasteiger partial charge in [-0.15, -0.1) is 0 Å². The predicted octanol–water partition coefficient (Wildman–Crippen LogP) is 7.64. The van der Waals surface area contributed by atoms with Gasteiger partial charge in [0.25, 0.3) is 0 Å². The molecule has 0 heterocycles. The first kappa shape index (κ1) is 64.5. The molecule has 0 bridgehead atoms. The van der Waals surface area contributed by atoms with Crippen LogP contribution in [0.5, 0.6) is 0 Å². The summed E-state index contributed by atoms with van der Waals surface area (Å²) >= 11 is 0. The van der Waals surface area contributed by atoms with Gasteiger partial charge in [0.05, 0.1) is 19.0 Å². The van der Waals surface area contributed by atoms with Gasteiger partial charge in [0.2, 0.25) is 23.6 Å². The van der Waals surface area contributed by atoms with E-state index in [0.717, 1.165) is 12.8 Å². The molecule has 0 fully saturated rings. The molecule has 0 saturated heterocycles. The second-order valence-electron chi connectivity index (χ2n) is 19.5. The lowest BCUT2D eigenvalue weighted by molar-refractivity contribution is -0.141. The normalized spacial score (nSPS) is 13.6. The van der Waals surface area contributed by atoms with E-state index < -0.39 is 54.8 Å². The van der Waals surface area contributed by atoms with Crippen LogP contribution in [0.2, 0.25) is 0 Å². The monoisotopic (exact) mass is 965 g/mol. The van der Waals surface area contributed by atoms with Gasteiger partial charge in [0, 0.05) is 31.7 Å². The van der Waals surface area contributed by atoms with Crippen LogP contribution < -0.4 is 43.8 Å². The van der Waals surface area contributed by atoms with Crippen LogP contribution in [0.15, 0.2) is 0 Å². The fraction of sp³-hybridized carbons (Fsp3) is 0.885. The highest BCUT2D eigenvalue weighted by Crippen LogP contribution is 2.20. The van der Waals surface area contributed by atoms with Crippen molar-refractivity contribution < 1.29 is 29.1 Å². The summed E-state index contributed by atoms with van der Waals surface area (Å²) in [6.45, 7) is 10.4. The molecule has 0 aromatic heterocycles. The molecule has 4 amide bonds. The summed E-state index contributed by atoms with van der Waals surface area (Å²) < 4.78 is 0. The highest BCUT2D eigenvalue weighted by Gasteiger charge is 2.29. The average molecular weight is 965 g/mol. The van der Waals surface area contributed by atoms with E-state index in [2.05, 4.69) is 59.2 Å². The molecule has 0 rings (SSSR count). The van der Waals surface area contributed by atoms with Crippen LogP contribution in [-0.4, -0.2) is 108 Å². The number of nitrogens with zero attached hydrogens (tertiary/aromatic N) is 1. The Hall–Kier alpha value is -3.50. The molecule has 0 aromatic carbocycles. The SMILES string of the molecule is CCCCCCCCCCCCCCC(C)N(CCNC(=O)C(CCCCN)NC(=O)C(CC(=O)O)NC(=O)CNC(=O)C(N)CCCNC(=N)N)C(C)CCCCCCCCCCCCCC. The molecular formula is C52H104N10O6. The van der Waals surface area contributed by atoms with E-state index in [1.54, 1.807) is 0 Å². The van der Waals surface area contributed by atoms with Gasteiger partial charge in [0.1, 0.15) is 12.1 Å². The van der Waals surface area contributed by atoms with Crippen molar-refractivity contribution in [1.82, 2.24) is 31.5 Å². The number of carbonyl (C=O) groups excluding carboxylic acids is 4. The van der Waals surface area contributed by atoms with E-state index in [4.69, 9.17) is 22.6 Å². The molecule has 16 nitrogen and oxygen atoms in total. The van der Waals surface area contributed by atoms with Crippen LogP contribution in [0, 0.1) is 5.41 Å². The predicted molar refractivity (Wildman–Crippen MR) is 279 cm³/mol. The maximum Gasteiger partial charge on any atom is 0.305 e. The molecule has 16 heteroatoms. The second kappa shape index (κ2) is 44.7.